The number of carboxylic acid groups (broad SMARTS) is 1. The van der Waals surface area contributed by atoms with Gasteiger partial charge in [0.2, 0.25) is 5.91 Å². The lowest BCUT2D eigenvalue weighted by Crippen LogP contribution is -2.45. The van der Waals surface area contributed by atoms with Crippen LogP contribution >= 0.6 is 0 Å². The molecule has 1 aromatic rings. The predicted molar refractivity (Wildman–Crippen MR) is 77.3 cm³/mol. The molecule has 110 valence electrons. The second-order valence-electron chi connectivity index (χ2n) is 5.08. The number of carbonyl (C=O) groups excluding carboxylic acids is 1. The first kappa shape index (κ1) is 16.2. The predicted octanol–water partition coefficient (Wildman–Crippen LogP) is 1.23. The summed E-state index contributed by atoms with van der Waals surface area (Å²) >= 11 is 0. The van der Waals surface area contributed by atoms with Crippen molar-refractivity contribution in [2.45, 2.75) is 45.2 Å². The fraction of sp³-hybridized carbons (Fsp3) is 0.467. The van der Waals surface area contributed by atoms with Crippen LogP contribution in [0.2, 0.25) is 0 Å². The van der Waals surface area contributed by atoms with Gasteiger partial charge in [0.05, 0.1) is 6.04 Å². The minimum atomic E-state index is -0.943. The molecular weight excluding hydrogens is 256 g/mol. The van der Waals surface area contributed by atoms with Crippen LogP contribution in [-0.2, 0) is 16.0 Å². The Hall–Kier alpha value is -1.88. The topological polar surface area (TPSA) is 92.4 Å². The number of amides is 1. The molecule has 0 aliphatic rings. The number of nitrogens with two attached hydrogens (primary N) is 1. The summed E-state index contributed by atoms with van der Waals surface area (Å²) < 4.78 is 0. The van der Waals surface area contributed by atoms with Crippen LogP contribution in [0.5, 0.6) is 0 Å². The third-order valence-electron chi connectivity index (χ3n) is 3.18. The highest BCUT2D eigenvalue weighted by molar-refractivity contribution is 5.82. The summed E-state index contributed by atoms with van der Waals surface area (Å²) in [5, 5.41) is 11.4. The zero-order valence-electron chi connectivity index (χ0n) is 11.9. The molecule has 0 fully saturated rings. The molecule has 0 spiro atoms. The van der Waals surface area contributed by atoms with Crippen molar-refractivity contribution in [1.29, 1.82) is 0 Å². The summed E-state index contributed by atoms with van der Waals surface area (Å²) in [5.74, 6) is -1.24. The van der Waals surface area contributed by atoms with Crippen LogP contribution in [0.25, 0.3) is 0 Å². The van der Waals surface area contributed by atoms with Crippen LogP contribution < -0.4 is 11.1 Å². The van der Waals surface area contributed by atoms with E-state index >= 15 is 0 Å². The Morgan fingerprint density at radius 2 is 2.00 bits per heavy atom. The maximum Gasteiger partial charge on any atom is 0.303 e. The van der Waals surface area contributed by atoms with Crippen LogP contribution in [0.15, 0.2) is 24.3 Å². The summed E-state index contributed by atoms with van der Waals surface area (Å²) in [4.78, 5) is 22.3. The summed E-state index contributed by atoms with van der Waals surface area (Å²) in [7, 11) is 0. The molecule has 0 saturated carbocycles. The van der Waals surface area contributed by atoms with E-state index in [9.17, 15) is 9.59 Å². The van der Waals surface area contributed by atoms with Gasteiger partial charge in [0.25, 0.3) is 0 Å². The molecule has 0 radical (unpaired) electrons. The van der Waals surface area contributed by atoms with Crippen molar-refractivity contribution in [3.63, 3.8) is 0 Å². The number of aryl methyl sites for hydroxylation is 1. The average molecular weight is 278 g/mol. The molecule has 0 aliphatic heterocycles. The van der Waals surface area contributed by atoms with E-state index in [1.165, 1.54) is 11.1 Å². The Bertz CT molecular complexity index is 474. The van der Waals surface area contributed by atoms with Crippen molar-refractivity contribution < 1.29 is 14.7 Å². The van der Waals surface area contributed by atoms with E-state index in [1.54, 1.807) is 0 Å². The highest BCUT2D eigenvalue weighted by Crippen LogP contribution is 2.09. The van der Waals surface area contributed by atoms with Crippen molar-refractivity contribution in [3.8, 4) is 0 Å². The van der Waals surface area contributed by atoms with Gasteiger partial charge < -0.3 is 16.2 Å². The van der Waals surface area contributed by atoms with Gasteiger partial charge in [-0.1, -0.05) is 24.3 Å². The first-order chi connectivity index (χ1) is 9.40. The monoisotopic (exact) mass is 278 g/mol. The number of hydrogen-bond acceptors (Lipinski definition) is 3. The van der Waals surface area contributed by atoms with Gasteiger partial charge in [0.15, 0.2) is 0 Å². The smallest absolute Gasteiger partial charge is 0.303 e. The largest absolute Gasteiger partial charge is 0.481 e. The number of benzene rings is 1. The number of aliphatic carboxylic acids is 1. The lowest BCUT2D eigenvalue weighted by Gasteiger charge is -2.18. The minimum absolute atomic E-state index is 0.0421. The van der Waals surface area contributed by atoms with E-state index in [1.807, 2.05) is 38.1 Å². The van der Waals surface area contributed by atoms with E-state index in [0.717, 1.165) is 6.42 Å². The van der Waals surface area contributed by atoms with Crippen LogP contribution in [0.1, 0.15) is 30.9 Å². The van der Waals surface area contributed by atoms with Crippen molar-refractivity contribution in [2.75, 3.05) is 0 Å². The number of rotatable bonds is 7. The molecule has 0 aliphatic carbocycles. The maximum atomic E-state index is 11.8. The highest BCUT2D eigenvalue weighted by atomic mass is 16.4. The quantitative estimate of drug-likeness (QED) is 0.699. The Morgan fingerprint density at radius 3 is 2.60 bits per heavy atom. The van der Waals surface area contributed by atoms with Crippen LogP contribution in [0.3, 0.4) is 0 Å². The van der Waals surface area contributed by atoms with Crippen molar-refractivity contribution in [3.05, 3.63) is 35.4 Å². The lowest BCUT2D eigenvalue weighted by molar-refractivity contribution is -0.137. The Kier molecular flexibility index (Phi) is 6.18. The number of nitrogens with one attached hydrogen (secondary N) is 1. The highest BCUT2D eigenvalue weighted by Gasteiger charge is 2.17. The van der Waals surface area contributed by atoms with E-state index in [4.69, 9.17) is 10.8 Å². The van der Waals surface area contributed by atoms with Gasteiger partial charge in [-0.15, -0.1) is 0 Å². The Morgan fingerprint density at radius 1 is 1.35 bits per heavy atom. The van der Waals surface area contributed by atoms with Gasteiger partial charge in [0.1, 0.15) is 0 Å². The zero-order valence-corrected chi connectivity index (χ0v) is 11.9. The first-order valence-electron chi connectivity index (χ1n) is 6.72. The van der Waals surface area contributed by atoms with Crippen molar-refractivity contribution in [1.82, 2.24) is 5.32 Å². The standard InChI is InChI=1S/C15H22N2O3/c1-10-5-3-4-6-12(10)9-11(2)17-15(20)13(16)7-8-14(18)19/h3-6,11,13H,7-9,16H2,1-2H3,(H,17,20)(H,18,19). The van der Waals surface area contributed by atoms with Crippen molar-refractivity contribution >= 4 is 11.9 Å². The van der Waals surface area contributed by atoms with Gasteiger partial charge >= 0.3 is 5.97 Å². The van der Waals surface area contributed by atoms with Crippen molar-refractivity contribution in [2.24, 2.45) is 5.73 Å². The number of carboxylic acids is 1. The number of hydrogen-bond donors (Lipinski definition) is 3. The molecule has 1 rings (SSSR count). The van der Waals surface area contributed by atoms with E-state index in [2.05, 4.69) is 5.32 Å². The molecule has 0 saturated heterocycles. The summed E-state index contributed by atoms with van der Waals surface area (Å²) in [5.41, 5.74) is 8.03. The molecule has 20 heavy (non-hydrogen) atoms. The third kappa shape index (κ3) is 5.40. The van der Waals surface area contributed by atoms with Gasteiger partial charge in [-0.3, -0.25) is 9.59 Å². The molecule has 1 aromatic carbocycles. The van der Waals surface area contributed by atoms with E-state index in [-0.39, 0.29) is 24.8 Å². The molecular formula is C15H22N2O3. The van der Waals surface area contributed by atoms with E-state index in [0.29, 0.717) is 0 Å². The molecule has 0 aromatic heterocycles. The third-order valence-corrected chi connectivity index (χ3v) is 3.18. The van der Waals surface area contributed by atoms with Crippen LogP contribution in [0, 0.1) is 6.92 Å². The second kappa shape index (κ2) is 7.65. The summed E-state index contributed by atoms with van der Waals surface area (Å²) in [6, 6.07) is 7.19. The SMILES string of the molecule is Cc1ccccc1CC(C)NC(=O)C(N)CCC(=O)O. The van der Waals surface area contributed by atoms with Crippen LogP contribution in [0.4, 0.5) is 0 Å². The molecule has 2 atom stereocenters. The Labute approximate surface area is 119 Å². The van der Waals surface area contributed by atoms with Crippen LogP contribution in [-0.4, -0.2) is 29.1 Å². The molecule has 1 amide bonds. The zero-order chi connectivity index (χ0) is 15.1. The van der Waals surface area contributed by atoms with Gasteiger partial charge in [0, 0.05) is 12.5 Å². The van der Waals surface area contributed by atoms with E-state index < -0.39 is 12.0 Å². The average Bonchev–Trinajstić information content (AvgIpc) is 2.38. The Balaban J connectivity index is 2.45. The molecule has 5 nitrogen and oxygen atoms in total. The molecule has 0 bridgehead atoms. The van der Waals surface area contributed by atoms with Gasteiger partial charge in [-0.2, -0.15) is 0 Å². The molecule has 0 heterocycles. The second-order valence-corrected chi connectivity index (χ2v) is 5.08. The van der Waals surface area contributed by atoms with Gasteiger partial charge in [-0.05, 0) is 37.8 Å². The number of carbonyl (C=O) groups is 2. The fourth-order valence-corrected chi connectivity index (χ4v) is 1.98. The normalized spacial score (nSPS) is 13.6. The maximum absolute atomic E-state index is 11.8. The van der Waals surface area contributed by atoms with Gasteiger partial charge in [-0.25, -0.2) is 0 Å². The molecule has 4 N–H and O–H groups in total. The molecule has 2 unspecified atom stereocenters. The summed E-state index contributed by atoms with van der Waals surface area (Å²) in [6.07, 6.45) is 0.781. The fourth-order valence-electron chi connectivity index (χ4n) is 1.98. The first-order valence-corrected chi connectivity index (χ1v) is 6.72. The lowest BCUT2D eigenvalue weighted by atomic mass is 10.0. The molecule has 5 heteroatoms. The minimum Gasteiger partial charge on any atom is -0.481 e. The summed E-state index contributed by atoms with van der Waals surface area (Å²) in [6.45, 7) is 3.94.